The predicted molar refractivity (Wildman–Crippen MR) is 76.8 cm³/mol. The molecule has 0 radical (unpaired) electrons. The molecule has 0 unspecified atom stereocenters. The lowest BCUT2D eigenvalue weighted by molar-refractivity contribution is 0.0963. The van der Waals surface area contributed by atoms with Gasteiger partial charge in [-0.05, 0) is 19.4 Å². The Kier molecular flexibility index (Phi) is 3.54. The van der Waals surface area contributed by atoms with Gasteiger partial charge in [0.05, 0.1) is 12.2 Å². The number of fused-ring (bicyclic) bond motifs is 1. The lowest BCUT2D eigenvalue weighted by Crippen LogP contribution is -2.23. The maximum absolute atomic E-state index is 12.0. The zero-order valence-electron chi connectivity index (χ0n) is 10.3. The van der Waals surface area contributed by atoms with E-state index in [1.807, 2.05) is 25.1 Å². The molecule has 2 rings (SSSR count). The number of aryl methyl sites for hydroxylation is 1. The number of hydrogen-bond acceptors (Lipinski definition) is 3. The van der Waals surface area contributed by atoms with Crippen molar-refractivity contribution in [2.45, 2.75) is 13.8 Å². The molecular weight excluding hydrogens is 244 g/mol. The molecule has 0 bridgehead atoms. The van der Waals surface area contributed by atoms with Crippen molar-refractivity contribution in [2.75, 3.05) is 12.3 Å². The summed E-state index contributed by atoms with van der Waals surface area (Å²) < 4.78 is 1.07. The maximum Gasteiger partial charge on any atom is 0.264 e. The Bertz CT molecular complexity index is 661. The van der Waals surface area contributed by atoms with E-state index in [-0.39, 0.29) is 5.91 Å². The molecule has 0 aliphatic heterocycles. The van der Waals surface area contributed by atoms with Crippen LogP contribution in [-0.2, 0) is 0 Å². The highest BCUT2D eigenvalue weighted by Crippen LogP contribution is 2.35. The van der Waals surface area contributed by atoms with Gasteiger partial charge in [-0.2, -0.15) is 0 Å². The monoisotopic (exact) mass is 258 g/mol. The highest BCUT2D eigenvalue weighted by Gasteiger charge is 2.16. The first-order chi connectivity index (χ1) is 8.65. The molecule has 3 nitrogen and oxygen atoms in total. The topological polar surface area (TPSA) is 55.1 Å². The number of amides is 1. The summed E-state index contributed by atoms with van der Waals surface area (Å²) >= 11 is 1.43. The van der Waals surface area contributed by atoms with Crippen LogP contribution in [0.4, 0.5) is 5.69 Å². The average molecular weight is 258 g/mol. The number of carbonyl (C=O) groups is 1. The minimum atomic E-state index is -0.157. The molecule has 2 aromatic rings. The lowest BCUT2D eigenvalue weighted by atomic mass is 10.1. The molecule has 1 aromatic carbocycles. The van der Waals surface area contributed by atoms with E-state index in [9.17, 15) is 4.79 Å². The van der Waals surface area contributed by atoms with Crippen LogP contribution in [0.1, 0.15) is 22.2 Å². The molecule has 0 atom stereocenters. The van der Waals surface area contributed by atoms with Gasteiger partial charge in [0.1, 0.15) is 4.88 Å². The molecule has 18 heavy (non-hydrogen) atoms. The summed E-state index contributed by atoms with van der Waals surface area (Å²) in [6.07, 6.45) is 0. The summed E-state index contributed by atoms with van der Waals surface area (Å²) in [7, 11) is 0. The number of thiophene rings is 1. The molecule has 0 saturated heterocycles. The third-order valence-electron chi connectivity index (χ3n) is 2.67. The normalized spacial score (nSPS) is 9.89. The van der Waals surface area contributed by atoms with Gasteiger partial charge < -0.3 is 11.1 Å². The zero-order chi connectivity index (χ0) is 13.1. The standard InChI is InChI=1S/C14H14N2OS/c1-3-4-8-16-14(17)13-11(15)10-7-5-6-9(2)12(10)18-13/h5-7H,8,15H2,1-2H3,(H,16,17). The number of hydrogen-bond donors (Lipinski definition) is 2. The van der Waals surface area contributed by atoms with Crippen molar-refractivity contribution in [3.05, 3.63) is 28.6 Å². The van der Waals surface area contributed by atoms with E-state index in [4.69, 9.17) is 5.73 Å². The molecule has 1 aromatic heterocycles. The Labute approximate surface area is 110 Å². The third-order valence-corrected chi connectivity index (χ3v) is 4.03. The fraction of sp³-hybridized carbons (Fsp3) is 0.214. The van der Waals surface area contributed by atoms with Gasteiger partial charge in [-0.3, -0.25) is 4.79 Å². The number of rotatable bonds is 2. The predicted octanol–water partition coefficient (Wildman–Crippen LogP) is 2.55. The van der Waals surface area contributed by atoms with E-state index in [1.54, 1.807) is 6.92 Å². The van der Waals surface area contributed by atoms with E-state index < -0.39 is 0 Å². The first-order valence-corrected chi connectivity index (χ1v) is 6.42. The molecule has 4 heteroatoms. The van der Waals surface area contributed by atoms with Gasteiger partial charge in [-0.15, -0.1) is 17.3 Å². The highest BCUT2D eigenvalue weighted by atomic mass is 32.1. The van der Waals surface area contributed by atoms with Crippen molar-refractivity contribution in [1.29, 1.82) is 0 Å². The van der Waals surface area contributed by atoms with Crippen molar-refractivity contribution >= 4 is 33.0 Å². The van der Waals surface area contributed by atoms with Gasteiger partial charge in [0.25, 0.3) is 5.91 Å². The molecule has 92 valence electrons. The van der Waals surface area contributed by atoms with Crippen molar-refractivity contribution in [1.82, 2.24) is 5.32 Å². The summed E-state index contributed by atoms with van der Waals surface area (Å²) in [4.78, 5) is 12.5. The van der Waals surface area contributed by atoms with Crippen molar-refractivity contribution in [2.24, 2.45) is 0 Å². The molecule has 3 N–H and O–H groups in total. The Morgan fingerprint density at radius 3 is 2.94 bits per heavy atom. The van der Waals surface area contributed by atoms with Crippen LogP contribution in [0.3, 0.4) is 0 Å². The van der Waals surface area contributed by atoms with Crippen LogP contribution in [0, 0.1) is 18.8 Å². The lowest BCUT2D eigenvalue weighted by Gasteiger charge is -1.99. The van der Waals surface area contributed by atoms with Gasteiger partial charge in [0, 0.05) is 10.1 Å². The van der Waals surface area contributed by atoms with Gasteiger partial charge in [-0.1, -0.05) is 24.1 Å². The van der Waals surface area contributed by atoms with Crippen LogP contribution < -0.4 is 11.1 Å². The first-order valence-electron chi connectivity index (χ1n) is 5.60. The van der Waals surface area contributed by atoms with Crippen LogP contribution in [0.5, 0.6) is 0 Å². The Morgan fingerprint density at radius 2 is 2.28 bits per heavy atom. The Hall–Kier alpha value is -1.99. The molecule has 0 aliphatic rings. The summed E-state index contributed by atoms with van der Waals surface area (Å²) in [6, 6.07) is 5.91. The molecule has 0 fully saturated rings. The molecule has 1 heterocycles. The SMILES string of the molecule is CC#CCNC(=O)c1sc2c(C)cccc2c1N. The van der Waals surface area contributed by atoms with Crippen LogP contribution >= 0.6 is 11.3 Å². The Morgan fingerprint density at radius 1 is 1.50 bits per heavy atom. The number of anilines is 1. The number of nitrogens with two attached hydrogens (primary N) is 1. The van der Waals surface area contributed by atoms with E-state index >= 15 is 0 Å². The Balaban J connectivity index is 2.39. The summed E-state index contributed by atoms with van der Waals surface area (Å²) in [5.41, 5.74) is 7.72. The first kappa shape index (κ1) is 12.5. The van der Waals surface area contributed by atoms with E-state index in [0.717, 1.165) is 15.6 Å². The molecule has 0 spiro atoms. The summed E-state index contributed by atoms with van der Waals surface area (Å²) in [5.74, 6) is 5.37. The summed E-state index contributed by atoms with van der Waals surface area (Å²) in [6.45, 7) is 4.10. The fourth-order valence-electron chi connectivity index (χ4n) is 1.74. The van der Waals surface area contributed by atoms with Gasteiger partial charge >= 0.3 is 0 Å². The van der Waals surface area contributed by atoms with E-state index in [2.05, 4.69) is 17.2 Å². The summed E-state index contributed by atoms with van der Waals surface area (Å²) in [5, 5.41) is 3.69. The molecule has 0 saturated carbocycles. The second kappa shape index (κ2) is 5.11. The van der Waals surface area contributed by atoms with Crippen LogP contribution in [-0.4, -0.2) is 12.5 Å². The van der Waals surface area contributed by atoms with Crippen LogP contribution in [0.15, 0.2) is 18.2 Å². The van der Waals surface area contributed by atoms with Crippen molar-refractivity contribution in [3.8, 4) is 11.8 Å². The van der Waals surface area contributed by atoms with E-state index in [1.165, 1.54) is 11.3 Å². The number of benzene rings is 1. The van der Waals surface area contributed by atoms with Gasteiger partial charge in [-0.25, -0.2) is 0 Å². The average Bonchev–Trinajstić information content (AvgIpc) is 2.69. The van der Waals surface area contributed by atoms with Crippen LogP contribution in [0.25, 0.3) is 10.1 Å². The second-order valence-corrected chi connectivity index (χ2v) is 4.93. The zero-order valence-corrected chi connectivity index (χ0v) is 11.1. The maximum atomic E-state index is 12.0. The molecule has 1 amide bonds. The highest BCUT2D eigenvalue weighted by molar-refractivity contribution is 7.21. The van der Waals surface area contributed by atoms with Crippen molar-refractivity contribution < 1.29 is 4.79 Å². The van der Waals surface area contributed by atoms with Crippen molar-refractivity contribution in [3.63, 3.8) is 0 Å². The van der Waals surface area contributed by atoms with Gasteiger partial charge in [0.15, 0.2) is 0 Å². The fourth-order valence-corrected chi connectivity index (χ4v) is 2.85. The molecule has 0 aliphatic carbocycles. The third kappa shape index (κ3) is 2.18. The van der Waals surface area contributed by atoms with E-state index in [0.29, 0.717) is 17.1 Å². The number of nitrogen functional groups attached to an aromatic ring is 1. The minimum Gasteiger partial charge on any atom is -0.397 e. The minimum absolute atomic E-state index is 0.157. The smallest absolute Gasteiger partial charge is 0.264 e. The second-order valence-electron chi connectivity index (χ2n) is 3.91. The molecular formula is C14H14N2OS. The van der Waals surface area contributed by atoms with Gasteiger partial charge in [0.2, 0.25) is 0 Å². The largest absolute Gasteiger partial charge is 0.397 e. The number of nitrogens with one attached hydrogen (secondary N) is 1. The quantitative estimate of drug-likeness (QED) is 0.813. The van der Waals surface area contributed by atoms with Crippen LogP contribution in [0.2, 0.25) is 0 Å². The number of carbonyl (C=O) groups excluding carboxylic acids is 1.